The molecule has 0 bridgehead atoms. The summed E-state index contributed by atoms with van der Waals surface area (Å²) >= 11 is 0. The standard InChI is InChI=1S/C14H29NO/c1-2-3-4-5-6-8-13(15)10-11-14-9-7-12-16-14/h13-14H,2-12,15H2,1H3. The fourth-order valence-electron chi connectivity index (χ4n) is 2.43. The lowest BCUT2D eigenvalue weighted by Crippen LogP contribution is -2.21. The van der Waals surface area contributed by atoms with Gasteiger partial charge in [0.25, 0.3) is 0 Å². The molecule has 16 heavy (non-hydrogen) atoms. The molecular weight excluding hydrogens is 198 g/mol. The summed E-state index contributed by atoms with van der Waals surface area (Å²) in [6.07, 6.45) is 13.3. The van der Waals surface area contributed by atoms with Gasteiger partial charge in [0.15, 0.2) is 0 Å². The highest BCUT2D eigenvalue weighted by molar-refractivity contribution is 4.69. The Balaban J connectivity index is 1.87. The summed E-state index contributed by atoms with van der Waals surface area (Å²) in [5.74, 6) is 0. The van der Waals surface area contributed by atoms with Crippen LogP contribution in [0.3, 0.4) is 0 Å². The molecule has 2 N–H and O–H groups in total. The Morgan fingerprint density at radius 1 is 1.19 bits per heavy atom. The van der Waals surface area contributed by atoms with Gasteiger partial charge < -0.3 is 10.5 Å². The van der Waals surface area contributed by atoms with Crippen molar-refractivity contribution in [1.29, 1.82) is 0 Å². The second-order valence-electron chi connectivity index (χ2n) is 5.18. The molecule has 1 heterocycles. The molecule has 0 aromatic carbocycles. The Kier molecular flexibility index (Phi) is 7.87. The lowest BCUT2D eigenvalue weighted by molar-refractivity contribution is 0.100. The van der Waals surface area contributed by atoms with Crippen LogP contribution in [0.5, 0.6) is 0 Å². The first kappa shape index (κ1) is 14.0. The number of hydrogen-bond acceptors (Lipinski definition) is 2. The summed E-state index contributed by atoms with van der Waals surface area (Å²) in [6, 6.07) is 0.408. The molecule has 1 aliphatic rings. The summed E-state index contributed by atoms with van der Waals surface area (Å²) in [5.41, 5.74) is 6.11. The van der Waals surface area contributed by atoms with E-state index in [4.69, 9.17) is 10.5 Å². The monoisotopic (exact) mass is 227 g/mol. The van der Waals surface area contributed by atoms with Crippen LogP contribution in [-0.2, 0) is 4.74 Å². The molecule has 1 rings (SSSR count). The van der Waals surface area contributed by atoms with Gasteiger partial charge in [0.05, 0.1) is 6.10 Å². The number of nitrogens with two attached hydrogens (primary N) is 1. The first-order valence-corrected chi connectivity index (χ1v) is 7.20. The molecule has 1 aliphatic heterocycles. The number of unbranched alkanes of at least 4 members (excludes halogenated alkanes) is 4. The van der Waals surface area contributed by atoms with Crippen LogP contribution in [0.1, 0.15) is 71.1 Å². The second kappa shape index (κ2) is 9.00. The van der Waals surface area contributed by atoms with Gasteiger partial charge in [0, 0.05) is 12.6 Å². The van der Waals surface area contributed by atoms with Gasteiger partial charge in [0.1, 0.15) is 0 Å². The largest absolute Gasteiger partial charge is 0.378 e. The maximum absolute atomic E-state index is 6.11. The Labute approximate surface area is 101 Å². The minimum absolute atomic E-state index is 0.408. The zero-order valence-electron chi connectivity index (χ0n) is 10.9. The van der Waals surface area contributed by atoms with E-state index in [1.54, 1.807) is 0 Å². The molecule has 2 atom stereocenters. The molecule has 0 radical (unpaired) electrons. The lowest BCUT2D eigenvalue weighted by Gasteiger charge is -2.14. The van der Waals surface area contributed by atoms with Crippen molar-refractivity contribution in [3.63, 3.8) is 0 Å². The molecular formula is C14H29NO. The van der Waals surface area contributed by atoms with Crippen LogP contribution < -0.4 is 5.73 Å². The molecule has 0 aliphatic carbocycles. The molecule has 2 heteroatoms. The third-order valence-electron chi connectivity index (χ3n) is 3.56. The van der Waals surface area contributed by atoms with Crippen molar-refractivity contribution >= 4 is 0 Å². The molecule has 1 saturated heterocycles. The van der Waals surface area contributed by atoms with E-state index in [2.05, 4.69) is 6.92 Å². The van der Waals surface area contributed by atoms with Crippen molar-refractivity contribution in [3.8, 4) is 0 Å². The van der Waals surface area contributed by atoms with Crippen molar-refractivity contribution in [2.75, 3.05) is 6.61 Å². The highest BCUT2D eigenvalue weighted by Crippen LogP contribution is 2.18. The van der Waals surface area contributed by atoms with E-state index >= 15 is 0 Å². The predicted molar refractivity (Wildman–Crippen MR) is 69.6 cm³/mol. The van der Waals surface area contributed by atoms with E-state index in [9.17, 15) is 0 Å². The average Bonchev–Trinajstić information content (AvgIpc) is 2.79. The number of rotatable bonds is 9. The summed E-state index contributed by atoms with van der Waals surface area (Å²) in [5, 5.41) is 0. The van der Waals surface area contributed by atoms with E-state index in [1.165, 1.54) is 57.8 Å². The fraction of sp³-hybridized carbons (Fsp3) is 1.00. The summed E-state index contributed by atoms with van der Waals surface area (Å²) < 4.78 is 5.61. The predicted octanol–water partition coefficient (Wildman–Crippen LogP) is 3.63. The van der Waals surface area contributed by atoms with Crippen LogP contribution in [0.2, 0.25) is 0 Å². The zero-order valence-corrected chi connectivity index (χ0v) is 10.9. The summed E-state index contributed by atoms with van der Waals surface area (Å²) in [4.78, 5) is 0. The van der Waals surface area contributed by atoms with Crippen molar-refractivity contribution in [2.45, 2.75) is 83.3 Å². The van der Waals surface area contributed by atoms with Gasteiger partial charge in [0.2, 0.25) is 0 Å². The Bertz CT molecular complexity index is 155. The minimum atomic E-state index is 0.408. The molecule has 0 aromatic heterocycles. The molecule has 96 valence electrons. The van der Waals surface area contributed by atoms with Crippen molar-refractivity contribution in [3.05, 3.63) is 0 Å². The van der Waals surface area contributed by atoms with Crippen LogP contribution in [-0.4, -0.2) is 18.8 Å². The van der Waals surface area contributed by atoms with Gasteiger partial charge >= 0.3 is 0 Å². The highest BCUT2D eigenvalue weighted by atomic mass is 16.5. The van der Waals surface area contributed by atoms with Crippen LogP contribution >= 0.6 is 0 Å². The van der Waals surface area contributed by atoms with Gasteiger partial charge in [-0.2, -0.15) is 0 Å². The van der Waals surface area contributed by atoms with Gasteiger partial charge in [-0.1, -0.05) is 39.0 Å². The number of ether oxygens (including phenoxy) is 1. The smallest absolute Gasteiger partial charge is 0.0576 e. The van der Waals surface area contributed by atoms with Gasteiger partial charge in [-0.05, 0) is 32.1 Å². The van der Waals surface area contributed by atoms with Crippen molar-refractivity contribution in [1.82, 2.24) is 0 Å². The third kappa shape index (κ3) is 6.49. The molecule has 2 nitrogen and oxygen atoms in total. The van der Waals surface area contributed by atoms with Crippen LogP contribution in [0.25, 0.3) is 0 Å². The quantitative estimate of drug-likeness (QED) is 0.610. The van der Waals surface area contributed by atoms with E-state index in [-0.39, 0.29) is 0 Å². The lowest BCUT2D eigenvalue weighted by atomic mass is 10.0. The summed E-state index contributed by atoms with van der Waals surface area (Å²) in [6.45, 7) is 3.23. The molecule has 2 unspecified atom stereocenters. The van der Waals surface area contributed by atoms with Crippen molar-refractivity contribution in [2.24, 2.45) is 5.73 Å². The molecule has 0 saturated carbocycles. The van der Waals surface area contributed by atoms with E-state index < -0.39 is 0 Å². The maximum atomic E-state index is 6.11. The van der Waals surface area contributed by atoms with Gasteiger partial charge in [-0.15, -0.1) is 0 Å². The minimum Gasteiger partial charge on any atom is -0.378 e. The topological polar surface area (TPSA) is 35.2 Å². The van der Waals surface area contributed by atoms with E-state index in [0.717, 1.165) is 13.0 Å². The normalized spacial score (nSPS) is 22.5. The molecule has 0 spiro atoms. The SMILES string of the molecule is CCCCCCCC(N)CCC1CCCO1. The highest BCUT2D eigenvalue weighted by Gasteiger charge is 2.16. The van der Waals surface area contributed by atoms with Crippen molar-refractivity contribution < 1.29 is 4.74 Å². The van der Waals surface area contributed by atoms with E-state index in [0.29, 0.717) is 12.1 Å². The zero-order chi connectivity index (χ0) is 11.6. The van der Waals surface area contributed by atoms with Crippen LogP contribution in [0, 0.1) is 0 Å². The molecule has 0 amide bonds. The van der Waals surface area contributed by atoms with Crippen LogP contribution in [0.15, 0.2) is 0 Å². The first-order chi connectivity index (χ1) is 7.83. The Hall–Kier alpha value is -0.0800. The Morgan fingerprint density at radius 2 is 2.00 bits per heavy atom. The second-order valence-corrected chi connectivity index (χ2v) is 5.18. The van der Waals surface area contributed by atoms with E-state index in [1.807, 2.05) is 0 Å². The average molecular weight is 227 g/mol. The van der Waals surface area contributed by atoms with Gasteiger partial charge in [-0.25, -0.2) is 0 Å². The van der Waals surface area contributed by atoms with Crippen LogP contribution in [0.4, 0.5) is 0 Å². The molecule has 1 fully saturated rings. The number of hydrogen-bond donors (Lipinski definition) is 1. The fourth-order valence-corrected chi connectivity index (χ4v) is 2.43. The van der Waals surface area contributed by atoms with Gasteiger partial charge in [-0.3, -0.25) is 0 Å². The summed E-state index contributed by atoms with van der Waals surface area (Å²) in [7, 11) is 0. The first-order valence-electron chi connectivity index (χ1n) is 7.20. The Morgan fingerprint density at radius 3 is 2.69 bits per heavy atom. The molecule has 0 aromatic rings. The third-order valence-corrected chi connectivity index (χ3v) is 3.56. The maximum Gasteiger partial charge on any atom is 0.0576 e.